The van der Waals surface area contributed by atoms with Gasteiger partial charge in [-0.25, -0.2) is 4.98 Å². The van der Waals surface area contributed by atoms with Crippen molar-refractivity contribution in [2.75, 3.05) is 19.4 Å². The van der Waals surface area contributed by atoms with Crippen molar-refractivity contribution in [2.45, 2.75) is 37.8 Å². The summed E-state index contributed by atoms with van der Waals surface area (Å²) in [6.45, 7) is 0. The van der Waals surface area contributed by atoms with Gasteiger partial charge in [0.1, 0.15) is 11.6 Å². The molecule has 0 spiro atoms. The summed E-state index contributed by atoms with van der Waals surface area (Å²) < 4.78 is 40.5. The maximum Gasteiger partial charge on any atom is 0.391 e. The van der Waals surface area contributed by atoms with Crippen LogP contribution in [0.15, 0.2) is 40.1 Å². The molecule has 3 rings (SSSR count). The van der Waals surface area contributed by atoms with Crippen molar-refractivity contribution in [3.63, 3.8) is 0 Å². The number of aliphatic imine (C=N–C) groups is 1. The van der Waals surface area contributed by atoms with Crippen LogP contribution in [0.5, 0.6) is 0 Å². The average Bonchev–Trinajstić information content (AvgIpc) is 2.68. The van der Waals surface area contributed by atoms with Crippen molar-refractivity contribution in [3.05, 3.63) is 52.1 Å². The van der Waals surface area contributed by atoms with Crippen LogP contribution in [0.2, 0.25) is 0 Å². The van der Waals surface area contributed by atoms with Gasteiger partial charge in [-0.05, 0) is 43.4 Å². The maximum absolute atomic E-state index is 13.0. The molecule has 5 nitrogen and oxygen atoms in total. The molecule has 1 aromatic carbocycles. The quantitative estimate of drug-likeness (QED) is 0.795. The highest BCUT2D eigenvalue weighted by Crippen LogP contribution is 2.42. The molecule has 1 saturated carbocycles. The molecule has 1 aliphatic carbocycles. The fraction of sp³-hybridized carbons (Fsp3) is 0.450. The molecule has 0 aliphatic heterocycles. The largest absolute Gasteiger partial charge is 0.391 e. The van der Waals surface area contributed by atoms with Crippen molar-refractivity contribution >= 4 is 12.0 Å². The van der Waals surface area contributed by atoms with Crippen LogP contribution in [0.25, 0.3) is 5.69 Å². The van der Waals surface area contributed by atoms with Gasteiger partial charge in [0.25, 0.3) is 5.56 Å². The van der Waals surface area contributed by atoms with E-state index >= 15 is 0 Å². The van der Waals surface area contributed by atoms with Crippen LogP contribution in [0, 0.1) is 5.92 Å². The number of benzene rings is 1. The highest BCUT2D eigenvalue weighted by atomic mass is 19.4. The highest BCUT2D eigenvalue weighted by molar-refractivity contribution is 5.79. The molecule has 2 aromatic rings. The number of hydrogen-bond acceptors (Lipinski definition) is 4. The zero-order chi connectivity index (χ0) is 20.3. The Morgan fingerprint density at radius 1 is 1.18 bits per heavy atom. The molecular weight excluding hydrogens is 369 g/mol. The van der Waals surface area contributed by atoms with E-state index in [1.807, 2.05) is 12.1 Å². The van der Waals surface area contributed by atoms with E-state index in [0.717, 1.165) is 5.56 Å². The molecule has 1 fully saturated rings. The lowest BCUT2D eigenvalue weighted by Gasteiger charge is -2.30. The Kier molecular flexibility index (Phi) is 5.86. The Hall–Kier alpha value is -2.64. The third kappa shape index (κ3) is 4.26. The smallest absolute Gasteiger partial charge is 0.373 e. The lowest BCUT2D eigenvalue weighted by atomic mass is 9.81. The van der Waals surface area contributed by atoms with Crippen LogP contribution in [-0.4, -0.2) is 36.0 Å². The van der Waals surface area contributed by atoms with E-state index in [1.54, 1.807) is 32.4 Å². The predicted molar refractivity (Wildman–Crippen MR) is 104 cm³/mol. The number of nitrogens with zero attached hydrogens (tertiary/aromatic N) is 3. The Balaban J connectivity index is 1.98. The topological polar surface area (TPSA) is 59.3 Å². The fourth-order valence-corrected chi connectivity index (χ4v) is 3.70. The van der Waals surface area contributed by atoms with Crippen LogP contribution in [0.3, 0.4) is 0 Å². The van der Waals surface area contributed by atoms with E-state index in [9.17, 15) is 18.0 Å². The van der Waals surface area contributed by atoms with Gasteiger partial charge in [-0.1, -0.05) is 12.1 Å². The van der Waals surface area contributed by atoms with Crippen LogP contribution >= 0.6 is 0 Å². The van der Waals surface area contributed by atoms with Crippen LogP contribution in [-0.2, 0) is 0 Å². The minimum absolute atomic E-state index is 0.0553. The van der Waals surface area contributed by atoms with Gasteiger partial charge in [-0.3, -0.25) is 14.4 Å². The molecule has 8 heteroatoms. The summed E-state index contributed by atoms with van der Waals surface area (Å²) in [5.74, 6) is -0.543. The van der Waals surface area contributed by atoms with E-state index in [0.29, 0.717) is 30.2 Å². The second-order valence-electron chi connectivity index (χ2n) is 6.99. The first-order chi connectivity index (χ1) is 13.3. The van der Waals surface area contributed by atoms with Gasteiger partial charge in [0.05, 0.1) is 11.6 Å². The Labute approximate surface area is 161 Å². The van der Waals surface area contributed by atoms with Gasteiger partial charge in [0, 0.05) is 32.3 Å². The molecule has 0 unspecified atom stereocenters. The number of anilines is 1. The lowest BCUT2D eigenvalue weighted by molar-refractivity contribution is -0.182. The second-order valence-corrected chi connectivity index (χ2v) is 6.99. The molecular formula is C20H23F3N4O. The highest BCUT2D eigenvalue weighted by Gasteiger charge is 2.42. The Morgan fingerprint density at radius 2 is 1.82 bits per heavy atom. The average molecular weight is 392 g/mol. The molecule has 0 saturated heterocycles. The molecule has 0 amide bonds. The molecule has 0 bridgehead atoms. The van der Waals surface area contributed by atoms with E-state index in [2.05, 4.69) is 15.3 Å². The summed E-state index contributed by atoms with van der Waals surface area (Å²) in [6.07, 6.45) is -1.65. The van der Waals surface area contributed by atoms with Crippen molar-refractivity contribution in [3.8, 4) is 5.69 Å². The lowest BCUT2D eigenvalue weighted by Crippen LogP contribution is -2.31. The number of rotatable bonds is 4. The van der Waals surface area contributed by atoms with Crippen molar-refractivity contribution in [1.82, 2.24) is 9.55 Å². The molecule has 0 atom stereocenters. The Morgan fingerprint density at radius 3 is 2.36 bits per heavy atom. The van der Waals surface area contributed by atoms with Crippen LogP contribution < -0.4 is 10.9 Å². The van der Waals surface area contributed by atoms with Crippen molar-refractivity contribution in [2.24, 2.45) is 10.9 Å². The van der Waals surface area contributed by atoms with E-state index in [1.165, 1.54) is 10.6 Å². The van der Waals surface area contributed by atoms with Gasteiger partial charge in [0.2, 0.25) is 0 Å². The van der Waals surface area contributed by atoms with E-state index < -0.39 is 12.1 Å². The van der Waals surface area contributed by atoms with E-state index in [4.69, 9.17) is 0 Å². The van der Waals surface area contributed by atoms with Gasteiger partial charge >= 0.3 is 6.18 Å². The monoisotopic (exact) mass is 392 g/mol. The number of aromatic nitrogens is 2. The standard InChI is InChI=1S/C20H23F3N4O/c1-24-12-13-3-9-16(10-4-13)27-18(28)11-17(25-2)26-19(27)14-5-7-15(8-6-14)20(21,22)23/h3-4,9-12,14-15,25H,5-8H2,1-2H3. The summed E-state index contributed by atoms with van der Waals surface area (Å²) in [6, 6.07) is 8.66. The number of alkyl halides is 3. The van der Waals surface area contributed by atoms with Gasteiger partial charge in [-0.15, -0.1) is 0 Å². The third-order valence-electron chi connectivity index (χ3n) is 5.19. The first-order valence-corrected chi connectivity index (χ1v) is 9.24. The molecule has 150 valence electrons. The molecule has 1 aliphatic rings. The summed E-state index contributed by atoms with van der Waals surface area (Å²) >= 11 is 0. The van der Waals surface area contributed by atoms with E-state index in [-0.39, 0.29) is 24.3 Å². The summed E-state index contributed by atoms with van der Waals surface area (Å²) in [5, 5.41) is 2.86. The molecule has 0 radical (unpaired) electrons. The minimum atomic E-state index is -4.17. The second kappa shape index (κ2) is 8.16. The Bertz CT molecular complexity index is 895. The zero-order valence-electron chi connectivity index (χ0n) is 15.8. The number of hydrogen-bond donors (Lipinski definition) is 1. The molecule has 1 aromatic heterocycles. The normalized spacial score (nSPS) is 20.5. The molecule has 28 heavy (non-hydrogen) atoms. The first kappa shape index (κ1) is 20.1. The van der Waals surface area contributed by atoms with Gasteiger partial charge < -0.3 is 5.32 Å². The molecule has 1 heterocycles. The summed E-state index contributed by atoms with van der Waals surface area (Å²) in [7, 11) is 3.34. The van der Waals surface area contributed by atoms with Crippen LogP contribution in [0.1, 0.15) is 43.0 Å². The third-order valence-corrected chi connectivity index (χ3v) is 5.19. The predicted octanol–water partition coefficient (Wildman–Crippen LogP) is 4.16. The van der Waals surface area contributed by atoms with Gasteiger partial charge in [-0.2, -0.15) is 13.2 Å². The summed E-state index contributed by atoms with van der Waals surface area (Å²) in [4.78, 5) is 21.3. The number of nitrogens with one attached hydrogen (secondary N) is 1. The SMILES string of the molecule is CN=Cc1ccc(-n2c(C3CCC(C(F)(F)F)CC3)nc(NC)cc2=O)cc1. The zero-order valence-corrected chi connectivity index (χ0v) is 15.8. The maximum atomic E-state index is 13.0. The van der Waals surface area contributed by atoms with Crippen molar-refractivity contribution < 1.29 is 13.2 Å². The fourth-order valence-electron chi connectivity index (χ4n) is 3.70. The van der Waals surface area contributed by atoms with Crippen LogP contribution in [0.4, 0.5) is 19.0 Å². The first-order valence-electron chi connectivity index (χ1n) is 9.24. The van der Waals surface area contributed by atoms with Gasteiger partial charge in [0.15, 0.2) is 0 Å². The molecule has 1 N–H and O–H groups in total. The summed E-state index contributed by atoms with van der Waals surface area (Å²) in [5.41, 5.74) is 1.27. The number of halogens is 3. The minimum Gasteiger partial charge on any atom is -0.373 e. The van der Waals surface area contributed by atoms with Crippen molar-refractivity contribution in [1.29, 1.82) is 0 Å².